The number of nitrogens with one attached hydrogen (secondary N) is 2. The van der Waals surface area contributed by atoms with Crippen LogP contribution >= 0.6 is 15.9 Å². The van der Waals surface area contributed by atoms with Gasteiger partial charge in [-0.15, -0.1) is 0 Å². The summed E-state index contributed by atoms with van der Waals surface area (Å²) in [6.07, 6.45) is 4.27. The Labute approximate surface area is 109 Å². The fourth-order valence-electron chi connectivity index (χ4n) is 1.57. The van der Waals surface area contributed by atoms with E-state index in [2.05, 4.69) is 31.7 Å². The minimum Gasteiger partial charge on any atom is -0.381 e. The molecule has 1 aliphatic rings. The molecule has 6 heteroatoms. The van der Waals surface area contributed by atoms with E-state index in [1.54, 1.807) is 6.20 Å². The van der Waals surface area contributed by atoms with E-state index in [1.165, 1.54) is 17.5 Å². The van der Waals surface area contributed by atoms with Crippen molar-refractivity contribution in [2.75, 3.05) is 18.4 Å². The van der Waals surface area contributed by atoms with Crippen molar-refractivity contribution in [3.8, 4) is 0 Å². The van der Waals surface area contributed by atoms with Gasteiger partial charge in [-0.05, 0) is 35.7 Å². The van der Waals surface area contributed by atoms with Crippen molar-refractivity contribution in [3.05, 3.63) is 21.0 Å². The van der Waals surface area contributed by atoms with Crippen LogP contribution in [0.15, 0.2) is 15.5 Å². The van der Waals surface area contributed by atoms with E-state index in [0.717, 1.165) is 18.8 Å². The maximum absolute atomic E-state index is 11.8. The Hall–Kier alpha value is -0.880. The summed E-state index contributed by atoms with van der Waals surface area (Å²) in [7, 11) is 0. The maximum atomic E-state index is 11.8. The number of anilines is 1. The number of hydrogen-bond acceptors (Lipinski definition) is 4. The standard InChI is InChI=1S/C11H17BrN4O/c1-2-16-11(17)10(12)9(7-15-16)14-6-5-13-8-3-4-8/h7-8,13-14H,2-6H2,1H3. The summed E-state index contributed by atoms with van der Waals surface area (Å²) < 4.78 is 1.98. The number of aryl methyl sites for hydroxylation is 1. The molecule has 0 spiro atoms. The Bertz CT molecular complexity index is 442. The SMILES string of the molecule is CCn1ncc(NCCNC2CC2)c(Br)c1=O. The third kappa shape index (κ3) is 3.29. The second-order valence-electron chi connectivity index (χ2n) is 4.15. The largest absolute Gasteiger partial charge is 0.381 e. The minimum absolute atomic E-state index is 0.0901. The van der Waals surface area contributed by atoms with Crippen LogP contribution in [0.4, 0.5) is 5.69 Å². The van der Waals surface area contributed by atoms with Gasteiger partial charge in [-0.3, -0.25) is 4.79 Å². The van der Waals surface area contributed by atoms with Crippen LogP contribution in [-0.4, -0.2) is 28.9 Å². The van der Waals surface area contributed by atoms with Crippen molar-refractivity contribution < 1.29 is 0 Å². The first-order valence-electron chi connectivity index (χ1n) is 5.95. The first kappa shape index (κ1) is 12.6. The first-order valence-corrected chi connectivity index (χ1v) is 6.74. The summed E-state index contributed by atoms with van der Waals surface area (Å²) in [6, 6.07) is 0.714. The van der Waals surface area contributed by atoms with Gasteiger partial charge in [0.05, 0.1) is 11.9 Å². The van der Waals surface area contributed by atoms with E-state index in [9.17, 15) is 4.79 Å². The average Bonchev–Trinajstić information content (AvgIpc) is 3.14. The van der Waals surface area contributed by atoms with Gasteiger partial charge in [-0.25, -0.2) is 4.68 Å². The molecule has 2 N–H and O–H groups in total. The number of hydrogen-bond donors (Lipinski definition) is 2. The van der Waals surface area contributed by atoms with Gasteiger partial charge in [-0.2, -0.15) is 5.10 Å². The third-order valence-corrected chi connectivity index (χ3v) is 3.50. The molecule has 0 aliphatic heterocycles. The van der Waals surface area contributed by atoms with E-state index >= 15 is 0 Å². The summed E-state index contributed by atoms with van der Waals surface area (Å²) in [6.45, 7) is 4.19. The molecule has 0 radical (unpaired) electrons. The average molecular weight is 301 g/mol. The lowest BCUT2D eigenvalue weighted by Crippen LogP contribution is -2.26. The fourth-order valence-corrected chi connectivity index (χ4v) is 2.02. The quantitative estimate of drug-likeness (QED) is 0.775. The predicted octanol–water partition coefficient (Wildman–Crippen LogP) is 1.19. The zero-order valence-electron chi connectivity index (χ0n) is 9.87. The summed E-state index contributed by atoms with van der Waals surface area (Å²) in [4.78, 5) is 11.8. The molecule has 2 rings (SSSR count). The smallest absolute Gasteiger partial charge is 0.283 e. The van der Waals surface area contributed by atoms with Crippen LogP contribution < -0.4 is 16.2 Å². The lowest BCUT2D eigenvalue weighted by atomic mass is 10.4. The zero-order valence-corrected chi connectivity index (χ0v) is 11.5. The van der Waals surface area contributed by atoms with Gasteiger partial charge in [0, 0.05) is 25.7 Å². The van der Waals surface area contributed by atoms with Crippen molar-refractivity contribution in [2.45, 2.75) is 32.4 Å². The van der Waals surface area contributed by atoms with Crippen molar-refractivity contribution >= 4 is 21.6 Å². The number of halogens is 1. The second kappa shape index (κ2) is 5.64. The van der Waals surface area contributed by atoms with Crippen LogP contribution in [-0.2, 0) is 6.54 Å². The van der Waals surface area contributed by atoms with Crippen LogP contribution in [0.1, 0.15) is 19.8 Å². The molecule has 17 heavy (non-hydrogen) atoms. The normalized spacial score (nSPS) is 14.9. The van der Waals surface area contributed by atoms with Crippen molar-refractivity contribution in [3.63, 3.8) is 0 Å². The van der Waals surface area contributed by atoms with Gasteiger partial charge in [-0.1, -0.05) is 0 Å². The van der Waals surface area contributed by atoms with Crippen molar-refractivity contribution in [2.24, 2.45) is 0 Å². The molecule has 1 heterocycles. The highest BCUT2D eigenvalue weighted by molar-refractivity contribution is 9.10. The minimum atomic E-state index is -0.0901. The predicted molar refractivity (Wildman–Crippen MR) is 71.4 cm³/mol. The molecule has 0 unspecified atom stereocenters. The van der Waals surface area contributed by atoms with Crippen LogP contribution in [0.3, 0.4) is 0 Å². The van der Waals surface area contributed by atoms with E-state index in [1.807, 2.05) is 6.92 Å². The van der Waals surface area contributed by atoms with Crippen LogP contribution in [0, 0.1) is 0 Å². The third-order valence-electron chi connectivity index (χ3n) is 2.74. The number of rotatable bonds is 6. The Morgan fingerprint density at radius 3 is 2.94 bits per heavy atom. The molecule has 94 valence electrons. The summed E-state index contributed by atoms with van der Waals surface area (Å²) >= 11 is 3.31. The molecule has 1 saturated carbocycles. The Morgan fingerprint density at radius 1 is 1.53 bits per heavy atom. The van der Waals surface area contributed by atoms with E-state index in [-0.39, 0.29) is 5.56 Å². The van der Waals surface area contributed by atoms with Gasteiger partial charge in [0.25, 0.3) is 5.56 Å². The first-order chi connectivity index (χ1) is 8.22. The molecule has 0 bridgehead atoms. The molecule has 1 aromatic rings. The van der Waals surface area contributed by atoms with Gasteiger partial charge in [0.1, 0.15) is 4.47 Å². The number of aromatic nitrogens is 2. The Kier molecular flexibility index (Phi) is 4.17. The maximum Gasteiger partial charge on any atom is 0.283 e. The highest BCUT2D eigenvalue weighted by Crippen LogP contribution is 2.18. The monoisotopic (exact) mass is 300 g/mol. The molecule has 0 atom stereocenters. The molecule has 1 aliphatic carbocycles. The molecule has 0 amide bonds. The molecule has 1 fully saturated rings. The van der Waals surface area contributed by atoms with Gasteiger partial charge < -0.3 is 10.6 Å². The highest BCUT2D eigenvalue weighted by atomic mass is 79.9. The molecule has 0 aromatic carbocycles. The van der Waals surface area contributed by atoms with Gasteiger partial charge >= 0.3 is 0 Å². The van der Waals surface area contributed by atoms with E-state index in [0.29, 0.717) is 17.1 Å². The molecule has 5 nitrogen and oxygen atoms in total. The van der Waals surface area contributed by atoms with Crippen LogP contribution in [0.2, 0.25) is 0 Å². The number of nitrogens with zero attached hydrogens (tertiary/aromatic N) is 2. The summed E-state index contributed by atoms with van der Waals surface area (Å²) in [5.74, 6) is 0. The van der Waals surface area contributed by atoms with Crippen LogP contribution in [0.25, 0.3) is 0 Å². The molecule has 1 aromatic heterocycles. The molecule has 0 saturated heterocycles. The summed E-state index contributed by atoms with van der Waals surface area (Å²) in [5, 5.41) is 10.7. The zero-order chi connectivity index (χ0) is 12.3. The van der Waals surface area contributed by atoms with Crippen molar-refractivity contribution in [1.29, 1.82) is 0 Å². The lowest BCUT2D eigenvalue weighted by Gasteiger charge is -2.09. The fraction of sp³-hybridized carbons (Fsp3) is 0.636. The van der Waals surface area contributed by atoms with E-state index in [4.69, 9.17) is 0 Å². The van der Waals surface area contributed by atoms with Gasteiger partial charge in [0.15, 0.2) is 0 Å². The Balaban J connectivity index is 1.91. The molecular formula is C11H17BrN4O. The van der Waals surface area contributed by atoms with Crippen LogP contribution in [0.5, 0.6) is 0 Å². The lowest BCUT2D eigenvalue weighted by molar-refractivity contribution is 0.612. The highest BCUT2D eigenvalue weighted by Gasteiger charge is 2.19. The Morgan fingerprint density at radius 2 is 2.29 bits per heavy atom. The van der Waals surface area contributed by atoms with Gasteiger partial charge in [0.2, 0.25) is 0 Å². The van der Waals surface area contributed by atoms with Crippen molar-refractivity contribution in [1.82, 2.24) is 15.1 Å². The second-order valence-corrected chi connectivity index (χ2v) is 4.94. The molecular weight excluding hydrogens is 284 g/mol. The topological polar surface area (TPSA) is 59.0 Å². The van der Waals surface area contributed by atoms with E-state index < -0.39 is 0 Å². The summed E-state index contributed by atoms with van der Waals surface area (Å²) in [5.41, 5.74) is 0.671.